The molecule has 2 amide bonds. The average molecular weight is 416 g/mol. The zero-order chi connectivity index (χ0) is 22.0. The van der Waals surface area contributed by atoms with Crippen LogP contribution in [-0.4, -0.2) is 21.4 Å². The lowest BCUT2D eigenvalue weighted by molar-refractivity contribution is -0.117. The van der Waals surface area contributed by atoms with E-state index in [0.717, 1.165) is 24.2 Å². The molecule has 158 valence electrons. The molecule has 2 N–H and O–H groups in total. The van der Waals surface area contributed by atoms with Gasteiger partial charge in [-0.3, -0.25) is 29.8 Å². The topological polar surface area (TPSA) is 93.1 Å². The van der Waals surface area contributed by atoms with Gasteiger partial charge in [-0.2, -0.15) is 0 Å². The number of nitrogens with zero attached hydrogens (tertiary/aromatic N) is 2. The SMILES string of the molecule is CC(C)c1ccc(/C=C/C(=O)NNC(=O)c2ccc3c(=O)n4c(nc3c2)CCC4)cc1. The van der Waals surface area contributed by atoms with Gasteiger partial charge in [0.05, 0.1) is 10.9 Å². The molecule has 31 heavy (non-hydrogen) atoms. The van der Waals surface area contributed by atoms with Crippen LogP contribution in [0, 0.1) is 0 Å². The minimum absolute atomic E-state index is 0.0793. The Morgan fingerprint density at radius 2 is 1.87 bits per heavy atom. The Hall–Kier alpha value is -3.74. The van der Waals surface area contributed by atoms with E-state index in [1.807, 2.05) is 24.3 Å². The monoisotopic (exact) mass is 416 g/mol. The fourth-order valence-electron chi connectivity index (χ4n) is 3.62. The highest BCUT2D eigenvalue weighted by Gasteiger charge is 2.17. The van der Waals surface area contributed by atoms with E-state index in [2.05, 4.69) is 29.7 Å². The fourth-order valence-corrected chi connectivity index (χ4v) is 3.62. The predicted octanol–water partition coefficient (Wildman–Crippen LogP) is 2.94. The number of fused-ring (bicyclic) bond motifs is 2. The molecule has 2 heterocycles. The largest absolute Gasteiger partial charge is 0.296 e. The van der Waals surface area contributed by atoms with Crippen LogP contribution < -0.4 is 16.4 Å². The van der Waals surface area contributed by atoms with E-state index in [-0.39, 0.29) is 5.56 Å². The van der Waals surface area contributed by atoms with Gasteiger partial charge in [-0.05, 0) is 47.7 Å². The van der Waals surface area contributed by atoms with Crippen LogP contribution in [0.15, 0.2) is 53.3 Å². The van der Waals surface area contributed by atoms with Crippen LogP contribution in [0.4, 0.5) is 0 Å². The highest BCUT2D eigenvalue weighted by molar-refractivity contribution is 6.00. The Morgan fingerprint density at radius 3 is 2.61 bits per heavy atom. The summed E-state index contributed by atoms with van der Waals surface area (Å²) in [5.74, 6) is 0.264. The maximum absolute atomic E-state index is 12.5. The Labute approximate surface area is 179 Å². The number of nitrogens with one attached hydrogen (secondary N) is 2. The minimum Gasteiger partial charge on any atom is -0.296 e. The molecule has 0 fully saturated rings. The molecule has 0 saturated carbocycles. The molecular weight excluding hydrogens is 392 g/mol. The molecule has 7 heteroatoms. The van der Waals surface area contributed by atoms with Crippen molar-refractivity contribution < 1.29 is 9.59 Å². The maximum atomic E-state index is 12.5. The Balaban J connectivity index is 1.40. The zero-order valence-electron chi connectivity index (χ0n) is 17.5. The van der Waals surface area contributed by atoms with Crippen LogP contribution in [-0.2, 0) is 17.8 Å². The number of aryl methyl sites for hydroxylation is 1. The van der Waals surface area contributed by atoms with Gasteiger partial charge >= 0.3 is 0 Å². The second kappa shape index (κ2) is 8.55. The Bertz CT molecular complexity index is 1240. The first-order chi connectivity index (χ1) is 14.9. The lowest BCUT2D eigenvalue weighted by Crippen LogP contribution is -2.40. The summed E-state index contributed by atoms with van der Waals surface area (Å²) in [4.78, 5) is 41.5. The second-order valence-corrected chi connectivity index (χ2v) is 7.92. The molecule has 0 radical (unpaired) electrons. The number of carbonyl (C=O) groups is 2. The third-order valence-corrected chi connectivity index (χ3v) is 5.41. The molecule has 7 nitrogen and oxygen atoms in total. The smallest absolute Gasteiger partial charge is 0.269 e. The molecular formula is C24H24N4O3. The number of hydrazine groups is 1. The quantitative estimate of drug-likeness (QED) is 0.505. The molecule has 0 spiro atoms. The van der Waals surface area contributed by atoms with Crippen molar-refractivity contribution in [2.45, 2.75) is 39.2 Å². The number of rotatable bonds is 4. The first kappa shape index (κ1) is 20.5. The van der Waals surface area contributed by atoms with E-state index in [1.54, 1.807) is 28.8 Å². The summed E-state index contributed by atoms with van der Waals surface area (Å²) in [5.41, 5.74) is 7.61. The number of amides is 2. The Kier molecular flexibility index (Phi) is 5.66. The van der Waals surface area contributed by atoms with Crippen LogP contribution in [0.5, 0.6) is 0 Å². The highest BCUT2D eigenvalue weighted by Crippen LogP contribution is 2.17. The van der Waals surface area contributed by atoms with Gasteiger partial charge in [0, 0.05) is 24.6 Å². The molecule has 4 rings (SSSR count). The zero-order valence-corrected chi connectivity index (χ0v) is 17.5. The summed E-state index contributed by atoms with van der Waals surface area (Å²) in [5, 5.41) is 0.484. The number of carbonyl (C=O) groups excluding carboxylic acids is 2. The first-order valence-corrected chi connectivity index (χ1v) is 10.3. The number of hydrogen-bond donors (Lipinski definition) is 2. The molecule has 0 aliphatic carbocycles. The van der Waals surface area contributed by atoms with Crippen molar-refractivity contribution in [2.75, 3.05) is 0 Å². The van der Waals surface area contributed by atoms with Crippen LogP contribution >= 0.6 is 0 Å². The Morgan fingerprint density at radius 1 is 1.10 bits per heavy atom. The van der Waals surface area contributed by atoms with Crippen LogP contribution in [0.1, 0.15) is 53.5 Å². The fraction of sp³-hybridized carbons (Fsp3) is 0.250. The van der Waals surface area contributed by atoms with Gasteiger partial charge in [-0.1, -0.05) is 38.1 Å². The maximum Gasteiger partial charge on any atom is 0.269 e. The van der Waals surface area contributed by atoms with Crippen LogP contribution in [0.2, 0.25) is 0 Å². The third-order valence-electron chi connectivity index (χ3n) is 5.41. The van der Waals surface area contributed by atoms with E-state index < -0.39 is 11.8 Å². The summed E-state index contributed by atoms with van der Waals surface area (Å²) in [7, 11) is 0. The van der Waals surface area contributed by atoms with Crippen molar-refractivity contribution >= 4 is 28.8 Å². The standard InChI is InChI=1S/C24H24N4O3/c1-15(2)17-8-5-16(6-9-17)7-12-22(29)26-27-23(30)18-10-11-19-20(14-18)25-21-4-3-13-28(21)24(19)31/h5-12,14-15H,3-4,13H2,1-2H3,(H,26,29)(H,27,30)/b12-7+. The van der Waals surface area contributed by atoms with E-state index in [0.29, 0.717) is 28.9 Å². The summed E-state index contributed by atoms with van der Waals surface area (Å²) in [6.45, 7) is 4.93. The molecule has 1 aliphatic rings. The normalized spacial score (nSPS) is 13.0. The van der Waals surface area contributed by atoms with Crippen molar-refractivity contribution in [1.29, 1.82) is 0 Å². The lowest BCUT2D eigenvalue weighted by Gasteiger charge is -2.08. The van der Waals surface area contributed by atoms with Gasteiger partial charge < -0.3 is 0 Å². The van der Waals surface area contributed by atoms with E-state index in [1.165, 1.54) is 11.6 Å². The highest BCUT2D eigenvalue weighted by atomic mass is 16.2. The number of hydrogen-bond acceptors (Lipinski definition) is 4. The second-order valence-electron chi connectivity index (χ2n) is 7.92. The summed E-state index contributed by atoms with van der Waals surface area (Å²) in [6.07, 6.45) is 4.69. The van der Waals surface area contributed by atoms with Gasteiger partial charge in [0.15, 0.2) is 0 Å². The molecule has 0 unspecified atom stereocenters. The molecule has 0 saturated heterocycles. The minimum atomic E-state index is -0.479. The first-order valence-electron chi connectivity index (χ1n) is 10.3. The van der Waals surface area contributed by atoms with Gasteiger partial charge in [0.1, 0.15) is 5.82 Å². The molecule has 3 aromatic rings. The van der Waals surface area contributed by atoms with Crippen molar-refractivity contribution in [3.63, 3.8) is 0 Å². The predicted molar refractivity (Wildman–Crippen MR) is 119 cm³/mol. The van der Waals surface area contributed by atoms with Gasteiger partial charge in [-0.15, -0.1) is 0 Å². The molecule has 1 aromatic heterocycles. The molecule has 2 aromatic carbocycles. The van der Waals surface area contributed by atoms with Gasteiger partial charge in [0.25, 0.3) is 17.4 Å². The van der Waals surface area contributed by atoms with E-state index in [4.69, 9.17) is 0 Å². The lowest BCUT2D eigenvalue weighted by atomic mass is 10.0. The van der Waals surface area contributed by atoms with E-state index in [9.17, 15) is 14.4 Å². The summed E-state index contributed by atoms with van der Waals surface area (Å²) < 4.78 is 1.69. The summed E-state index contributed by atoms with van der Waals surface area (Å²) in [6, 6.07) is 12.7. The van der Waals surface area contributed by atoms with Crippen molar-refractivity contribution in [2.24, 2.45) is 0 Å². The van der Waals surface area contributed by atoms with Crippen molar-refractivity contribution in [1.82, 2.24) is 20.4 Å². The van der Waals surface area contributed by atoms with Gasteiger partial charge in [0.2, 0.25) is 0 Å². The van der Waals surface area contributed by atoms with Crippen LogP contribution in [0.3, 0.4) is 0 Å². The van der Waals surface area contributed by atoms with Crippen molar-refractivity contribution in [3.05, 3.63) is 81.4 Å². The van der Waals surface area contributed by atoms with Crippen LogP contribution in [0.25, 0.3) is 17.0 Å². The van der Waals surface area contributed by atoms with Gasteiger partial charge in [-0.25, -0.2) is 4.98 Å². The molecule has 0 bridgehead atoms. The van der Waals surface area contributed by atoms with E-state index >= 15 is 0 Å². The number of benzene rings is 2. The number of aromatic nitrogens is 2. The summed E-state index contributed by atoms with van der Waals surface area (Å²) >= 11 is 0. The van der Waals surface area contributed by atoms with Crippen molar-refractivity contribution in [3.8, 4) is 0 Å². The third kappa shape index (κ3) is 4.40. The molecule has 0 atom stereocenters. The molecule has 1 aliphatic heterocycles. The average Bonchev–Trinajstić information content (AvgIpc) is 3.25.